The van der Waals surface area contributed by atoms with Gasteiger partial charge in [-0.3, -0.25) is 4.79 Å². The number of carbonyl (C=O) groups is 1. The van der Waals surface area contributed by atoms with Gasteiger partial charge >= 0.3 is 0 Å². The van der Waals surface area contributed by atoms with Crippen molar-refractivity contribution in [1.29, 1.82) is 0 Å². The first kappa shape index (κ1) is 20.2. The summed E-state index contributed by atoms with van der Waals surface area (Å²) in [7, 11) is 0. The third kappa shape index (κ3) is 3.07. The first-order chi connectivity index (χ1) is 13.8. The van der Waals surface area contributed by atoms with Crippen molar-refractivity contribution < 1.29 is 23.7 Å². The van der Waals surface area contributed by atoms with Crippen LogP contribution in [0.4, 0.5) is 0 Å². The smallest absolute Gasteiger partial charge is 0.168 e. The highest BCUT2D eigenvalue weighted by Gasteiger charge is 2.60. The Morgan fingerprint density at radius 3 is 2.31 bits per heavy atom. The molecule has 0 aromatic carbocycles. The van der Waals surface area contributed by atoms with Crippen molar-refractivity contribution in [2.45, 2.75) is 90.1 Å². The molecule has 162 valence electrons. The van der Waals surface area contributed by atoms with Crippen LogP contribution < -0.4 is 0 Å². The van der Waals surface area contributed by atoms with Gasteiger partial charge in [-0.2, -0.15) is 0 Å². The van der Waals surface area contributed by atoms with Crippen molar-refractivity contribution >= 4 is 5.78 Å². The van der Waals surface area contributed by atoms with Gasteiger partial charge in [-0.05, 0) is 61.3 Å². The van der Waals surface area contributed by atoms with Crippen LogP contribution in [0.25, 0.3) is 0 Å². The Kier molecular flexibility index (Phi) is 4.78. The molecule has 1 unspecified atom stereocenters. The lowest BCUT2D eigenvalue weighted by Gasteiger charge is -2.62. The minimum absolute atomic E-state index is 0.0949. The predicted molar refractivity (Wildman–Crippen MR) is 108 cm³/mol. The SMILES string of the molecule is CC1(CCC2=C3CC[C@H]4CC5(CC[C@]4(C)C3(C)CCC2=O)OCCO5)OCCO1. The molecule has 0 amide bonds. The molecular weight excluding hydrogens is 368 g/mol. The normalized spacial score (nSPS) is 40.9. The summed E-state index contributed by atoms with van der Waals surface area (Å²) >= 11 is 0. The minimum Gasteiger partial charge on any atom is -0.348 e. The summed E-state index contributed by atoms with van der Waals surface area (Å²) in [4.78, 5) is 13.0. The number of rotatable bonds is 3. The number of hydrogen-bond acceptors (Lipinski definition) is 5. The van der Waals surface area contributed by atoms with Gasteiger partial charge in [-0.15, -0.1) is 0 Å². The van der Waals surface area contributed by atoms with Crippen molar-refractivity contribution in [2.75, 3.05) is 26.4 Å². The van der Waals surface area contributed by atoms with Crippen molar-refractivity contribution in [3.8, 4) is 0 Å². The van der Waals surface area contributed by atoms with Gasteiger partial charge < -0.3 is 18.9 Å². The first-order valence-corrected chi connectivity index (χ1v) is 11.6. The summed E-state index contributed by atoms with van der Waals surface area (Å²) in [6.45, 7) is 9.70. The van der Waals surface area contributed by atoms with Gasteiger partial charge in [0, 0.05) is 25.7 Å². The average Bonchev–Trinajstić information content (AvgIpc) is 3.33. The monoisotopic (exact) mass is 404 g/mol. The molecule has 2 heterocycles. The summed E-state index contributed by atoms with van der Waals surface area (Å²) in [5.74, 6) is 0.0882. The molecule has 1 spiro atoms. The number of carbonyl (C=O) groups excluding carboxylic acids is 1. The lowest BCUT2D eigenvalue weighted by atomic mass is 9.44. The van der Waals surface area contributed by atoms with Gasteiger partial charge in [0.2, 0.25) is 0 Å². The van der Waals surface area contributed by atoms with E-state index in [0.29, 0.717) is 31.3 Å². The maximum atomic E-state index is 13.0. The molecule has 5 aliphatic rings. The fourth-order valence-electron chi connectivity index (χ4n) is 7.15. The molecule has 5 nitrogen and oxygen atoms in total. The van der Waals surface area contributed by atoms with Crippen LogP contribution in [0.15, 0.2) is 11.1 Å². The highest BCUT2D eigenvalue weighted by Crippen LogP contribution is 2.67. The topological polar surface area (TPSA) is 54.0 Å². The van der Waals surface area contributed by atoms with E-state index in [0.717, 1.165) is 70.2 Å². The Morgan fingerprint density at radius 1 is 0.897 bits per heavy atom. The third-order valence-corrected chi connectivity index (χ3v) is 9.25. The highest BCUT2D eigenvalue weighted by molar-refractivity contribution is 5.97. The highest BCUT2D eigenvalue weighted by atomic mass is 16.7. The third-order valence-electron chi connectivity index (χ3n) is 9.25. The molecule has 0 aromatic heterocycles. The zero-order valence-corrected chi connectivity index (χ0v) is 18.3. The lowest BCUT2D eigenvalue weighted by molar-refractivity contribution is -0.223. The van der Waals surface area contributed by atoms with Gasteiger partial charge in [0.1, 0.15) is 0 Å². The molecule has 0 N–H and O–H groups in total. The Morgan fingerprint density at radius 2 is 1.59 bits per heavy atom. The molecule has 5 rings (SSSR count). The number of hydrogen-bond donors (Lipinski definition) is 0. The zero-order chi connectivity index (χ0) is 20.3. The summed E-state index contributed by atoms with van der Waals surface area (Å²) in [5, 5.41) is 0. The Labute approximate surface area is 174 Å². The maximum absolute atomic E-state index is 13.0. The standard InChI is InChI=1S/C24H36O5/c1-21-10-11-24(28-14-15-29-24)16-17(21)4-5-19-18(20(25)7-8-22(19,21)2)6-9-23(3)26-12-13-27-23/h17H,4-16H2,1-3H3/t17-,21-,22?/m0/s1. The van der Waals surface area contributed by atoms with Crippen LogP contribution in [0.5, 0.6) is 0 Å². The molecule has 29 heavy (non-hydrogen) atoms. The average molecular weight is 405 g/mol. The zero-order valence-electron chi connectivity index (χ0n) is 18.3. The van der Waals surface area contributed by atoms with E-state index in [1.807, 2.05) is 6.92 Å². The summed E-state index contributed by atoms with van der Waals surface area (Å²) < 4.78 is 23.8. The van der Waals surface area contributed by atoms with Gasteiger partial charge in [0.25, 0.3) is 0 Å². The molecule has 5 heteroatoms. The van der Waals surface area contributed by atoms with Gasteiger partial charge in [-0.25, -0.2) is 0 Å². The van der Waals surface area contributed by atoms with Crippen LogP contribution in [-0.2, 0) is 23.7 Å². The van der Waals surface area contributed by atoms with Gasteiger partial charge in [0.15, 0.2) is 17.4 Å². The molecule has 2 saturated carbocycles. The van der Waals surface area contributed by atoms with Crippen LogP contribution in [0.1, 0.15) is 78.6 Å². The van der Waals surface area contributed by atoms with Crippen molar-refractivity contribution in [3.63, 3.8) is 0 Å². The number of fused-ring (bicyclic) bond motifs is 3. The van der Waals surface area contributed by atoms with E-state index < -0.39 is 5.79 Å². The van der Waals surface area contributed by atoms with E-state index in [-0.39, 0.29) is 16.6 Å². The molecule has 3 atom stereocenters. The maximum Gasteiger partial charge on any atom is 0.168 e. The molecular formula is C24H36O5. The second-order valence-corrected chi connectivity index (χ2v) is 10.5. The van der Waals surface area contributed by atoms with E-state index >= 15 is 0 Å². The summed E-state index contributed by atoms with van der Waals surface area (Å²) in [6, 6.07) is 0. The van der Waals surface area contributed by atoms with Gasteiger partial charge in [-0.1, -0.05) is 19.4 Å². The first-order valence-electron chi connectivity index (χ1n) is 11.6. The number of Topliss-reactive ketones (excluding diaryl/α,β-unsaturated/α-hetero) is 1. The Hall–Kier alpha value is -0.750. The summed E-state index contributed by atoms with van der Waals surface area (Å²) in [5.41, 5.74) is 2.83. The number of ether oxygens (including phenoxy) is 4. The van der Waals surface area contributed by atoms with Crippen LogP contribution in [-0.4, -0.2) is 43.8 Å². The van der Waals surface area contributed by atoms with Crippen molar-refractivity contribution in [2.24, 2.45) is 16.7 Å². The molecule has 0 aromatic rings. The van der Waals surface area contributed by atoms with Crippen LogP contribution in [0.3, 0.4) is 0 Å². The Bertz CT molecular complexity index is 715. The Balaban J connectivity index is 1.43. The molecule has 2 aliphatic heterocycles. The predicted octanol–water partition coefficient (Wildman–Crippen LogP) is 4.54. The molecule has 4 fully saturated rings. The van der Waals surface area contributed by atoms with E-state index in [9.17, 15) is 4.79 Å². The largest absolute Gasteiger partial charge is 0.348 e. The van der Waals surface area contributed by atoms with Gasteiger partial charge in [0.05, 0.1) is 26.4 Å². The molecule has 2 saturated heterocycles. The lowest BCUT2D eigenvalue weighted by Crippen LogP contribution is -2.56. The quantitative estimate of drug-likeness (QED) is 0.691. The van der Waals surface area contributed by atoms with E-state index in [1.165, 1.54) is 5.57 Å². The second kappa shape index (κ2) is 6.88. The van der Waals surface area contributed by atoms with E-state index in [4.69, 9.17) is 18.9 Å². The van der Waals surface area contributed by atoms with Crippen LogP contribution in [0, 0.1) is 16.7 Å². The second-order valence-electron chi connectivity index (χ2n) is 10.5. The van der Waals surface area contributed by atoms with E-state index in [1.54, 1.807) is 0 Å². The van der Waals surface area contributed by atoms with E-state index in [2.05, 4.69) is 13.8 Å². The fourth-order valence-corrected chi connectivity index (χ4v) is 7.15. The van der Waals surface area contributed by atoms with Crippen molar-refractivity contribution in [3.05, 3.63) is 11.1 Å². The van der Waals surface area contributed by atoms with Crippen LogP contribution in [0.2, 0.25) is 0 Å². The van der Waals surface area contributed by atoms with Crippen molar-refractivity contribution in [1.82, 2.24) is 0 Å². The molecule has 3 aliphatic carbocycles. The molecule has 0 radical (unpaired) electrons. The minimum atomic E-state index is -0.531. The number of allylic oxidation sites excluding steroid dienone is 2. The van der Waals surface area contributed by atoms with Crippen LogP contribution >= 0.6 is 0 Å². The summed E-state index contributed by atoms with van der Waals surface area (Å²) in [6.07, 6.45) is 8.47. The molecule has 0 bridgehead atoms. The number of ketones is 1. The fraction of sp³-hybridized carbons (Fsp3) is 0.875.